The lowest BCUT2D eigenvalue weighted by atomic mass is 10.1. The molecule has 5 nitrogen and oxygen atoms in total. The first kappa shape index (κ1) is 27.5. The highest BCUT2D eigenvalue weighted by Gasteiger charge is 2.37. The largest absolute Gasteiger partial charge is 0.490 e. The van der Waals surface area contributed by atoms with Crippen molar-refractivity contribution in [1.82, 2.24) is 0 Å². The Bertz CT molecular complexity index is 1480. The van der Waals surface area contributed by atoms with Crippen LogP contribution in [0.25, 0.3) is 6.08 Å². The number of rotatable bonds is 7. The fourth-order valence-corrected chi connectivity index (χ4v) is 4.40. The second kappa shape index (κ2) is 11.1. The molecule has 3 aromatic carbocycles. The van der Waals surface area contributed by atoms with Gasteiger partial charge in [0.2, 0.25) is 5.82 Å². The van der Waals surface area contributed by atoms with Crippen LogP contribution in [0, 0.1) is 38.5 Å². The number of carbonyl (C=O) groups is 1. The smallest absolute Gasteiger partial charge is 0.280 e. The normalized spacial score (nSPS) is 14.3. The van der Waals surface area contributed by atoms with E-state index < -0.39 is 46.5 Å². The zero-order valence-electron chi connectivity index (χ0n) is 19.7. The van der Waals surface area contributed by atoms with Crippen LogP contribution in [-0.4, -0.2) is 18.2 Å². The summed E-state index contributed by atoms with van der Waals surface area (Å²) in [7, 11) is 0. The molecule has 1 aliphatic rings. The van der Waals surface area contributed by atoms with E-state index in [1.807, 2.05) is 22.6 Å². The zero-order chi connectivity index (χ0) is 27.7. The van der Waals surface area contributed by atoms with Crippen LogP contribution in [0.15, 0.2) is 47.1 Å². The fourth-order valence-electron chi connectivity index (χ4n) is 3.62. The number of amides is 1. The van der Waals surface area contributed by atoms with Gasteiger partial charge >= 0.3 is 0 Å². The molecule has 1 aliphatic heterocycles. The fraction of sp³-hybridized carbons (Fsp3) is 0.154. The summed E-state index contributed by atoms with van der Waals surface area (Å²) in [6, 6.07) is 9.24. The van der Waals surface area contributed by atoms with Gasteiger partial charge < -0.3 is 9.47 Å². The lowest BCUT2D eigenvalue weighted by Crippen LogP contribution is -2.25. The number of anilines is 1. The molecule has 3 aromatic rings. The summed E-state index contributed by atoms with van der Waals surface area (Å²) in [5.41, 5.74) is -0.920. The summed E-state index contributed by atoms with van der Waals surface area (Å²) in [5, 5.41) is 3.86. The Morgan fingerprint density at radius 2 is 1.58 bits per heavy atom. The molecule has 0 unspecified atom stereocenters. The molecule has 1 heterocycles. The lowest BCUT2D eigenvalue weighted by Gasteiger charge is -2.16. The van der Waals surface area contributed by atoms with Crippen molar-refractivity contribution >= 4 is 46.0 Å². The number of benzene rings is 3. The number of nitrogens with zero attached hydrogens (tertiary/aromatic N) is 2. The van der Waals surface area contributed by atoms with Crippen molar-refractivity contribution in [2.24, 2.45) is 5.10 Å². The lowest BCUT2D eigenvalue weighted by molar-refractivity contribution is -0.114. The van der Waals surface area contributed by atoms with Gasteiger partial charge in [0, 0.05) is 5.56 Å². The summed E-state index contributed by atoms with van der Waals surface area (Å²) in [6.45, 7) is 3.25. The SMILES string of the molecule is CCOc1cc(/C=C2/C(=O)N(c3c(F)c(F)c(F)c(F)c3F)N=C2C)cc(I)c1OCc1ccccc1F. The number of halogens is 7. The Morgan fingerprint density at radius 1 is 0.947 bits per heavy atom. The van der Waals surface area contributed by atoms with E-state index in [-0.39, 0.29) is 35.3 Å². The number of hydrazone groups is 1. The maximum absolute atomic E-state index is 14.3. The van der Waals surface area contributed by atoms with Crippen molar-refractivity contribution < 1.29 is 40.6 Å². The first-order valence-corrected chi connectivity index (χ1v) is 12.1. The average Bonchev–Trinajstić information content (AvgIpc) is 3.15. The molecule has 0 bridgehead atoms. The van der Waals surface area contributed by atoms with E-state index in [9.17, 15) is 31.1 Å². The monoisotopic (exact) mass is 646 g/mol. The van der Waals surface area contributed by atoms with Crippen molar-refractivity contribution in [3.8, 4) is 11.5 Å². The summed E-state index contributed by atoms with van der Waals surface area (Å²) in [5.74, 6) is -12.0. The Labute approximate surface area is 226 Å². The molecule has 4 rings (SSSR count). The van der Waals surface area contributed by atoms with Crippen LogP contribution in [0.4, 0.5) is 32.0 Å². The van der Waals surface area contributed by atoms with Gasteiger partial charge in [-0.1, -0.05) is 18.2 Å². The average molecular weight is 646 g/mol. The summed E-state index contributed by atoms with van der Waals surface area (Å²) in [4.78, 5) is 13.0. The van der Waals surface area contributed by atoms with Crippen molar-refractivity contribution in [3.63, 3.8) is 0 Å². The molecular weight excluding hydrogens is 629 g/mol. The van der Waals surface area contributed by atoms with Crippen LogP contribution in [-0.2, 0) is 11.4 Å². The Morgan fingerprint density at radius 3 is 2.21 bits per heavy atom. The maximum Gasteiger partial charge on any atom is 0.280 e. The molecule has 0 spiro atoms. The number of hydrogen-bond donors (Lipinski definition) is 0. The zero-order valence-corrected chi connectivity index (χ0v) is 21.9. The maximum atomic E-state index is 14.3. The summed E-state index contributed by atoms with van der Waals surface area (Å²) >= 11 is 1.96. The van der Waals surface area contributed by atoms with Crippen molar-refractivity contribution in [2.45, 2.75) is 20.5 Å². The minimum absolute atomic E-state index is 0.0215. The van der Waals surface area contributed by atoms with Gasteiger partial charge in [-0.05, 0) is 66.3 Å². The third kappa shape index (κ3) is 5.08. The molecule has 0 saturated carbocycles. The van der Waals surface area contributed by atoms with E-state index in [0.29, 0.717) is 20.4 Å². The predicted octanol–water partition coefficient (Wildman–Crippen LogP) is 6.91. The van der Waals surface area contributed by atoms with Gasteiger partial charge in [-0.3, -0.25) is 4.79 Å². The minimum Gasteiger partial charge on any atom is -0.490 e. The highest BCUT2D eigenvalue weighted by atomic mass is 127. The van der Waals surface area contributed by atoms with Crippen molar-refractivity contribution in [2.75, 3.05) is 11.6 Å². The molecule has 0 atom stereocenters. The van der Waals surface area contributed by atoms with Gasteiger partial charge in [-0.15, -0.1) is 0 Å². The van der Waals surface area contributed by atoms with E-state index in [0.717, 1.165) is 0 Å². The van der Waals surface area contributed by atoms with Crippen LogP contribution in [0.1, 0.15) is 25.0 Å². The first-order valence-electron chi connectivity index (χ1n) is 11.0. The number of ether oxygens (including phenoxy) is 2. The molecule has 1 amide bonds. The van der Waals surface area contributed by atoms with E-state index in [2.05, 4.69) is 5.10 Å². The predicted molar refractivity (Wildman–Crippen MR) is 136 cm³/mol. The molecular formula is C26H17F6IN2O3. The van der Waals surface area contributed by atoms with Crippen LogP contribution < -0.4 is 14.5 Å². The first-order chi connectivity index (χ1) is 18.0. The molecule has 0 fully saturated rings. The third-order valence-corrected chi connectivity index (χ3v) is 6.23. The van der Waals surface area contributed by atoms with Crippen LogP contribution >= 0.6 is 22.6 Å². The van der Waals surface area contributed by atoms with Crippen molar-refractivity contribution in [1.29, 1.82) is 0 Å². The minimum atomic E-state index is -2.35. The Kier molecular flexibility index (Phi) is 7.99. The molecule has 38 heavy (non-hydrogen) atoms. The highest BCUT2D eigenvalue weighted by molar-refractivity contribution is 14.1. The number of carbonyl (C=O) groups excluding carboxylic acids is 1. The molecule has 12 heteroatoms. The van der Waals surface area contributed by atoms with Crippen LogP contribution in [0.2, 0.25) is 0 Å². The Hall–Kier alpha value is -3.55. The van der Waals surface area contributed by atoms with E-state index >= 15 is 0 Å². The van der Waals surface area contributed by atoms with E-state index in [1.54, 1.807) is 31.2 Å². The molecule has 0 aromatic heterocycles. The molecule has 0 aliphatic carbocycles. The van der Waals surface area contributed by atoms with E-state index in [1.165, 1.54) is 25.1 Å². The van der Waals surface area contributed by atoms with Gasteiger partial charge in [0.25, 0.3) is 5.91 Å². The van der Waals surface area contributed by atoms with Gasteiger partial charge in [0.05, 0.1) is 21.5 Å². The summed E-state index contributed by atoms with van der Waals surface area (Å²) in [6.07, 6.45) is 1.33. The van der Waals surface area contributed by atoms with Crippen molar-refractivity contribution in [3.05, 3.63) is 91.6 Å². The van der Waals surface area contributed by atoms with Crippen LogP contribution in [0.5, 0.6) is 11.5 Å². The molecule has 0 saturated heterocycles. The van der Waals surface area contributed by atoms with Gasteiger partial charge in [0.15, 0.2) is 34.8 Å². The van der Waals surface area contributed by atoms with Gasteiger partial charge in [-0.25, -0.2) is 26.3 Å². The standard InChI is InChI=1S/C26H17F6IN2O3/c1-3-37-18-10-13(9-17(33)25(18)38-11-14-6-4-5-7-16(14)27)8-15-12(2)34-35(26(15)36)24-22(31)20(29)19(28)21(30)23(24)32/h4-10H,3,11H2,1-2H3/b15-8+. The van der Waals surface area contributed by atoms with Gasteiger partial charge in [0.1, 0.15) is 18.1 Å². The topological polar surface area (TPSA) is 51.1 Å². The van der Waals surface area contributed by atoms with Gasteiger partial charge in [-0.2, -0.15) is 10.1 Å². The Balaban J connectivity index is 1.68. The second-order valence-corrected chi connectivity index (χ2v) is 9.08. The summed E-state index contributed by atoms with van der Waals surface area (Å²) < 4.78 is 95.5. The van der Waals surface area contributed by atoms with Crippen LogP contribution in [0.3, 0.4) is 0 Å². The molecule has 198 valence electrons. The second-order valence-electron chi connectivity index (χ2n) is 7.92. The third-order valence-electron chi connectivity index (χ3n) is 5.43. The molecule has 0 radical (unpaired) electrons. The highest BCUT2D eigenvalue weighted by Crippen LogP contribution is 2.37. The quantitative estimate of drug-likeness (QED) is 0.0923. The number of hydrogen-bond acceptors (Lipinski definition) is 4. The van der Waals surface area contributed by atoms with E-state index in [4.69, 9.17) is 9.47 Å². The molecule has 0 N–H and O–H groups in total.